The molecule has 0 saturated heterocycles. The Morgan fingerprint density at radius 3 is 2.48 bits per heavy atom. The lowest BCUT2D eigenvalue weighted by atomic mass is 9.97. The number of nitrogens with one attached hydrogen (secondary N) is 1. The highest BCUT2D eigenvalue weighted by molar-refractivity contribution is 6.32. The number of rotatable bonds is 5. The van der Waals surface area contributed by atoms with Gasteiger partial charge >= 0.3 is 0 Å². The Morgan fingerprint density at radius 2 is 1.86 bits per heavy atom. The van der Waals surface area contributed by atoms with Gasteiger partial charge in [-0.2, -0.15) is 0 Å². The van der Waals surface area contributed by atoms with Gasteiger partial charge in [-0.05, 0) is 48.4 Å². The van der Waals surface area contributed by atoms with Crippen molar-refractivity contribution in [1.82, 2.24) is 5.32 Å². The van der Waals surface area contributed by atoms with Crippen molar-refractivity contribution in [1.29, 1.82) is 0 Å². The van der Waals surface area contributed by atoms with E-state index >= 15 is 0 Å². The van der Waals surface area contributed by atoms with Gasteiger partial charge in [0, 0.05) is 5.02 Å². The summed E-state index contributed by atoms with van der Waals surface area (Å²) in [7, 11) is 1.62. The second-order valence-electron chi connectivity index (χ2n) is 4.91. The molecule has 2 nitrogen and oxygen atoms in total. The first-order valence-electron chi connectivity index (χ1n) is 6.89. The lowest BCUT2D eigenvalue weighted by molar-refractivity contribution is 0.414. The second-order valence-corrected chi connectivity index (χ2v) is 5.72. The second kappa shape index (κ2) is 7.17. The first-order chi connectivity index (χ1) is 10.1. The van der Waals surface area contributed by atoms with Crippen molar-refractivity contribution in [2.24, 2.45) is 0 Å². The molecule has 0 amide bonds. The standard InChI is InChI=1S/C17H19Cl2NO/c1-4-20-17(13-7-5-11(2)9-15(13)19)12-6-8-14(18)16(10-12)21-3/h5-10,17,20H,4H2,1-3H3. The maximum atomic E-state index is 6.42. The Kier molecular flexibility index (Phi) is 5.51. The van der Waals surface area contributed by atoms with Gasteiger partial charge in [0.05, 0.1) is 18.2 Å². The highest BCUT2D eigenvalue weighted by Gasteiger charge is 2.17. The van der Waals surface area contributed by atoms with E-state index in [1.54, 1.807) is 7.11 Å². The largest absolute Gasteiger partial charge is 0.495 e. The summed E-state index contributed by atoms with van der Waals surface area (Å²) in [6.45, 7) is 4.94. The van der Waals surface area contributed by atoms with Crippen LogP contribution in [0.15, 0.2) is 36.4 Å². The molecule has 2 aromatic rings. The highest BCUT2D eigenvalue weighted by Crippen LogP contribution is 2.33. The van der Waals surface area contributed by atoms with Gasteiger partial charge in [-0.1, -0.05) is 48.3 Å². The SMILES string of the molecule is CCNC(c1ccc(Cl)c(OC)c1)c1ccc(C)cc1Cl. The molecule has 21 heavy (non-hydrogen) atoms. The van der Waals surface area contributed by atoms with Crippen molar-refractivity contribution in [3.8, 4) is 5.75 Å². The molecule has 1 N–H and O–H groups in total. The van der Waals surface area contributed by atoms with E-state index in [9.17, 15) is 0 Å². The predicted octanol–water partition coefficient (Wildman–Crippen LogP) is 5.01. The molecule has 4 heteroatoms. The summed E-state index contributed by atoms with van der Waals surface area (Å²) in [6, 6.07) is 11.9. The first-order valence-corrected chi connectivity index (χ1v) is 7.65. The summed E-state index contributed by atoms with van der Waals surface area (Å²) in [5.41, 5.74) is 3.27. The van der Waals surface area contributed by atoms with E-state index in [1.807, 2.05) is 31.2 Å². The number of benzene rings is 2. The van der Waals surface area contributed by atoms with E-state index < -0.39 is 0 Å². The van der Waals surface area contributed by atoms with Crippen LogP contribution in [0.5, 0.6) is 5.75 Å². The normalized spacial score (nSPS) is 12.2. The molecule has 0 aromatic heterocycles. The Balaban J connectivity index is 2.47. The highest BCUT2D eigenvalue weighted by atomic mass is 35.5. The molecule has 0 aliphatic heterocycles. The molecule has 2 aromatic carbocycles. The lowest BCUT2D eigenvalue weighted by Gasteiger charge is -2.21. The number of aryl methyl sites for hydroxylation is 1. The van der Waals surface area contributed by atoms with Crippen LogP contribution in [-0.4, -0.2) is 13.7 Å². The van der Waals surface area contributed by atoms with Gasteiger partial charge < -0.3 is 10.1 Å². The molecule has 1 unspecified atom stereocenters. The van der Waals surface area contributed by atoms with Crippen LogP contribution in [0.4, 0.5) is 0 Å². The zero-order valence-electron chi connectivity index (χ0n) is 12.4. The van der Waals surface area contributed by atoms with Crippen LogP contribution in [0.1, 0.15) is 29.7 Å². The number of hydrogen-bond donors (Lipinski definition) is 1. The van der Waals surface area contributed by atoms with Crippen LogP contribution in [0.25, 0.3) is 0 Å². The van der Waals surface area contributed by atoms with Crippen molar-refractivity contribution in [3.05, 3.63) is 63.1 Å². The van der Waals surface area contributed by atoms with Gasteiger partial charge in [0.25, 0.3) is 0 Å². The van der Waals surface area contributed by atoms with Crippen LogP contribution in [0.2, 0.25) is 10.0 Å². The molecule has 0 saturated carbocycles. The predicted molar refractivity (Wildman–Crippen MR) is 89.7 cm³/mol. The monoisotopic (exact) mass is 323 g/mol. The molecule has 0 aliphatic rings. The fourth-order valence-electron chi connectivity index (χ4n) is 2.33. The van der Waals surface area contributed by atoms with Gasteiger partial charge in [0.1, 0.15) is 5.75 Å². The molecule has 2 rings (SSSR count). The molecular weight excluding hydrogens is 305 g/mol. The van der Waals surface area contributed by atoms with Crippen LogP contribution < -0.4 is 10.1 Å². The molecule has 1 atom stereocenters. The summed E-state index contributed by atoms with van der Waals surface area (Å²) in [4.78, 5) is 0. The Morgan fingerprint density at radius 1 is 1.10 bits per heavy atom. The summed E-state index contributed by atoms with van der Waals surface area (Å²) in [5.74, 6) is 0.667. The fraction of sp³-hybridized carbons (Fsp3) is 0.294. The third-order valence-electron chi connectivity index (χ3n) is 3.38. The molecule has 0 heterocycles. The van der Waals surface area contributed by atoms with Crippen LogP contribution in [-0.2, 0) is 0 Å². The van der Waals surface area contributed by atoms with E-state index in [2.05, 4.69) is 24.4 Å². The topological polar surface area (TPSA) is 21.3 Å². The summed E-state index contributed by atoms with van der Waals surface area (Å²) >= 11 is 12.5. The van der Waals surface area contributed by atoms with E-state index in [0.717, 1.165) is 28.3 Å². The molecule has 0 bridgehead atoms. The molecule has 0 radical (unpaired) electrons. The fourth-order valence-corrected chi connectivity index (χ4v) is 2.87. The Hall–Kier alpha value is -1.22. The minimum atomic E-state index is 0.00858. The number of methoxy groups -OCH3 is 1. The smallest absolute Gasteiger partial charge is 0.137 e. The van der Waals surface area contributed by atoms with Gasteiger partial charge in [0.2, 0.25) is 0 Å². The van der Waals surface area contributed by atoms with Crippen molar-refractivity contribution < 1.29 is 4.74 Å². The number of hydrogen-bond acceptors (Lipinski definition) is 2. The maximum absolute atomic E-state index is 6.42. The minimum absolute atomic E-state index is 0.00858. The van der Waals surface area contributed by atoms with Gasteiger partial charge in [0.15, 0.2) is 0 Å². The molecule has 0 fully saturated rings. The van der Waals surface area contributed by atoms with Gasteiger partial charge in [-0.25, -0.2) is 0 Å². The number of ether oxygens (including phenoxy) is 1. The quantitative estimate of drug-likeness (QED) is 0.835. The number of halogens is 2. The average Bonchev–Trinajstić information content (AvgIpc) is 2.46. The summed E-state index contributed by atoms with van der Waals surface area (Å²) in [6.07, 6.45) is 0. The van der Waals surface area contributed by atoms with E-state index in [-0.39, 0.29) is 6.04 Å². The van der Waals surface area contributed by atoms with E-state index in [0.29, 0.717) is 10.8 Å². The van der Waals surface area contributed by atoms with Crippen LogP contribution >= 0.6 is 23.2 Å². The molecular formula is C17H19Cl2NO. The molecule has 0 spiro atoms. The average molecular weight is 324 g/mol. The third-order valence-corrected chi connectivity index (χ3v) is 4.02. The molecule has 112 valence electrons. The third kappa shape index (κ3) is 3.70. The van der Waals surface area contributed by atoms with Crippen molar-refractivity contribution in [2.75, 3.05) is 13.7 Å². The van der Waals surface area contributed by atoms with E-state index in [1.165, 1.54) is 0 Å². The van der Waals surface area contributed by atoms with Crippen molar-refractivity contribution in [2.45, 2.75) is 19.9 Å². The van der Waals surface area contributed by atoms with Crippen molar-refractivity contribution >= 4 is 23.2 Å². The summed E-state index contributed by atoms with van der Waals surface area (Å²) < 4.78 is 5.31. The Labute approximate surface area is 136 Å². The van der Waals surface area contributed by atoms with E-state index in [4.69, 9.17) is 27.9 Å². The summed E-state index contributed by atoms with van der Waals surface area (Å²) in [5, 5.41) is 4.83. The minimum Gasteiger partial charge on any atom is -0.495 e. The zero-order chi connectivity index (χ0) is 15.4. The Bertz CT molecular complexity index is 628. The zero-order valence-corrected chi connectivity index (χ0v) is 13.9. The van der Waals surface area contributed by atoms with Gasteiger partial charge in [-0.3, -0.25) is 0 Å². The maximum Gasteiger partial charge on any atom is 0.137 e. The van der Waals surface area contributed by atoms with Crippen LogP contribution in [0, 0.1) is 6.92 Å². The first kappa shape index (κ1) is 16.2. The molecule has 0 aliphatic carbocycles. The van der Waals surface area contributed by atoms with Crippen molar-refractivity contribution in [3.63, 3.8) is 0 Å². The lowest BCUT2D eigenvalue weighted by Crippen LogP contribution is -2.22. The van der Waals surface area contributed by atoms with Gasteiger partial charge in [-0.15, -0.1) is 0 Å². The van der Waals surface area contributed by atoms with Crippen LogP contribution in [0.3, 0.4) is 0 Å².